The van der Waals surface area contributed by atoms with Crippen molar-refractivity contribution in [2.24, 2.45) is 28.3 Å². The molecule has 5 rings (SSSR count). The Hall–Kier alpha value is -0.900. The maximum Gasteiger partial charge on any atom is 0.269 e. The maximum atomic E-state index is 12.0. The van der Waals surface area contributed by atoms with Crippen LogP contribution < -0.4 is 5.43 Å². The van der Waals surface area contributed by atoms with Crippen LogP contribution in [0.2, 0.25) is 0 Å². The lowest BCUT2D eigenvalue weighted by molar-refractivity contribution is -0.130. The molecule has 0 aromatic rings. The molecule has 22 heavy (non-hydrogen) atoms. The number of carbonyl (C=O) groups is 1. The average Bonchev–Trinajstić information content (AvgIpc) is 2.97. The standard InChI is InChI=1S/C18H28N2O2/c1-12(19-20-17(21)16-3-2-4-22-16)8-18-9-13-5-14(10-18)7-15(6-13)11-18/h13-16H,2-11H2,1H3,(H,20,21). The minimum Gasteiger partial charge on any atom is -0.368 e. The lowest BCUT2D eigenvalue weighted by Gasteiger charge is -2.57. The highest BCUT2D eigenvalue weighted by molar-refractivity contribution is 5.86. The molecule has 1 N–H and O–H groups in total. The van der Waals surface area contributed by atoms with Crippen LogP contribution in [0.1, 0.15) is 64.7 Å². The van der Waals surface area contributed by atoms with Crippen LogP contribution in [0, 0.1) is 23.2 Å². The summed E-state index contributed by atoms with van der Waals surface area (Å²) in [5.41, 5.74) is 4.32. The SMILES string of the molecule is CC(CC12CC3CC(CC(C3)C1)C2)=NNC(=O)C1CCCO1. The Morgan fingerprint density at radius 2 is 1.82 bits per heavy atom. The third kappa shape index (κ3) is 2.82. The number of hydrogen-bond acceptors (Lipinski definition) is 3. The van der Waals surface area contributed by atoms with Gasteiger partial charge in [-0.1, -0.05) is 0 Å². The molecule has 4 nitrogen and oxygen atoms in total. The first-order valence-corrected chi connectivity index (χ1v) is 9.06. The average molecular weight is 304 g/mol. The molecule has 1 heterocycles. The number of carbonyl (C=O) groups excluding carboxylic acids is 1. The van der Waals surface area contributed by atoms with Crippen LogP contribution >= 0.6 is 0 Å². The highest BCUT2D eigenvalue weighted by atomic mass is 16.5. The molecule has 1 amide bonds. The fourth-order valence-corrected chi connectivity index (χ4v) is 6.10. The summed E-state index contributed by atoms with van der Waals surface area (Å²) in [5, 5.41) is 4.38. The Morgan fingerprint density at radius 1 is 1.18 bits per heavy atom. The van der Waals surface area contributed by atoms with Crippen molar-refractivity contribution in [3.05, 3.63) is 0 Å². The second-order valence-corrected chi connectivity index (χ2v) is 8.42. The monoisotopic (exact) mass is 304 g/mol. The van der Waals surface area contributed by atoms with Crippen LogP contribution in [-0.4, -0.2) is 24.3 Å². The topological polar surface area (TPSA) is 50.7 Å². The van der Waals surface area contributed by atoms with E-state index in [9.17, 15) is 4.79 Å². The van der Waals surface area contributed by atoms with E-state index in [0.29, 0.717) is 12.0 Å². The molecule has 1 atom stereocenters. The molecule has 1 unspecified atom stereocenters. The first-order valence-electron chi connectivity index (χ1n) is 9.06. The molecule has 0 aromatic heterocycles. The molecule has 0 spiro atoms. The van der Waals surface area contributed by atoms with E-state index >= 15 is 0 Å². The predicted octanol–water partition coefficient (Wildman–Crippen LogP) is 3.26. The van der Waals surface area contributed by atoms with E-state index in [1.54, 1.807) is 0 Å². The van der Waals surface area contributed by atoms with Crippen LogP contribution in [0.25, 0.3) is 0 Å². The second kappa shape index (κ2) is 5.63. The summed E-state index contributed by atoms with van der Waals surface area (Å²) in [4.78, 5) is 12.0. The Morgan fingerprint density at radius 3 is 2.36 bits per heavy atom. The molecule has 0 radical (unpaired) electrons. The van der Waals surface area contributed by atoms with Gasteiger partial charge in [-0.15, -0.1) is 0 Å². The van der Waals surface area contributed by atoms with Crippen LogP contribution in [0.5, 0.6) is 0 Å². The zero-order valence-electron chi connectivity index (χ0n) is 13.6. The molecule has 4 bridgehead atoms. The van der Waals surface area contributed by atoms with Crippen LogP contribution in [0.15, 0.2) is 5.10 Å². The number of nitrogens with zero attached hydrogens (tertiary/aromatic N) is 1. The van der Waals surface area contributed by atoms with E-state index in [1.165, 1.54) is 38.5 Å². The van der Waals surface area contributed by atoms with Gasteiger partial charge in [0.1, 0.15) is 6.10 Å². The van der Waals surface area contributed by atoms with Gasteiger partial charge in [-0.05, 0) is 87.9 Å². The van der Waals surface area contributed by atoms with Gasteiger partial charge in [-0.2, -0.15) is 5.10 Å². The predicted molar refractivity (Wildman–Crippen MR) is 85.4 cm³/mol. The lowest BCUT2D eigenvalue weighted by atomic mass is 9.48. The minimum absolute atomic E-state index is 0.0673. The van der Waals surface area contributed by atoms with E-state index in [2.05, 4.69) is 17.5 Å². The van der Waals surface area contributed by atoms with Crippen molar-refractivity contribution in [2.75, 3.05) is 6.61 Å². The second-order valence-electron chi connectivity index (χ2n) is 8.42. The molecule has 5 aliphatic rings. The Kier molecular flexibility index (Phi) is 3.75. The normalized spacial score (nSPS) is 43.6. The van der Waals surface area contributed by atoms with Crippen molar-refractivity contribution in [1.29, 1.82) is 0 Å². The summed E-state index contributed by atoms with van der Waals surface area (Å²) in [6, 6.07) is 0. The molecule has 4 heteroatoms. The van der Waals surface area contributed by atoms with Gasteiger partial charge in [0.25, 0.3) is 5.91 Å². The van der Waals surface area contributed by atoms with Gasteiger partial charge in [0.15, 0.2) is 0 Å². The number of ether oxygens (including phenoxy) is 1. The van der Waals surface area contributed by atoms with Crippen molar-refractivity contribution in [3.63, 3.8) is 0 Å². The van der Waals surface area contributed by atoms with Gasteiger partial charge in [-0.25, -0.2) is 5.43 Å². The van der Waals surface area contributed by atoms with Crippen molar-refractivity contribution in [3.8, 4) is 0 Å². The van der Waals surface area contributed by atoms with Gasteiger partial charge < -0.3 is 4.74 Å². The van der Waals surface area contributed by atoms with E-state index in [4.69, 9.17) is 4.74 Å². The maximum absolute atomic E-state index is 12.0. The van der Waals surface area contributed by atoms with Gasteiger partial charge in [-0.3, -0.25) is 4.79 Å². The fourth-order valence-electron chi connectivity index (χ4n) is 6.10. The Balaban J connectivity index is 1.36. The van der Waals surface area contributed by atoms with E-state index in [1.807, 2.05) is 0 Å². The van der Waals surface area contributed by atoms with Gasteiger partial charge in [0, 0.05) is 12.3 Å². The number of rotatable bonds is 4. The largest absolute Gasteiger partial charge is 0.368 e. The van der Waals surface area contributed by atoms with Crippen molar-refractivity contribution in [1.82, 2.24) is 5.43 Å². The van der Waals surface area contributed by atoms with E-state index in [-0.39, 0.29) is 12.0 Å². The molecule has 4 aliphatic carbocycles. The van der Waals surface area contributed by atoms with E-state index < -0.39 is 0 Å². The molecular weight excluding hydrogens is 276 g/mol. The smallest absolute Gasteiger partial charge is 0.269 e. The molecule has 0 aromatic carbocycles. The Labute approximate surface area is 133 Å². The van der Waals surface area contributed by atoms with Crippen LogP contribution in [0.3, 0.4) is 0 Å². The third-order valence-electron chi connectivity index (χ3n) is 6.37. The quantitative estimate of drug-likeness (QED) is 0.640. The highest BCUT2D eigenvalue weighted by Gasteiger charge is 2.50. The van der Waals surface area contributed by atoms with Crippen molar-refractivity contribution in [2.45, 2.75) is 70.8 Å². The molecule has 5 fully saturated rings. The van der Waals surface area contributed by atoms with Crippen LogP contribution in [-0.2, 0) is 9.53 Å². The third-order valence-corrected chi connectivity index (χ3v) is 6.37. The number of hydrazone groups is 1. The summed E-state index contributed by atoms with van der Waals surface area (Å²) >= 11 is 0. The lowest BCUT2D eigenvalue weighted by Crippen LogP contribution is -2.46. The summed E-state index contributed by atoms with van der Waals surface area (Å²) in [6.45, 7) is 2.78. The minimum atomic E-state index is -0.281. The zero-order chi connectivity index (χ0) is 15.2. The zero-order valence-corrected chi connectivity index (χ0v) is 13.6. The molecule has 1 saturated heterocycles. The van der Waals surface area contributed by atoms with Gasteiger partial charge in [0.2, 0.25) is 0 Å². The van der Waals surface area contributed by atoms with Gasteiger partial charge in [0.05, 0.1) is 0 Å². The Bertz CT molecular complexity index is 444. The summed E-state index contributed by atoms with van der Waals surface area (Å²) < 4.78 is 5.40. The molecule has 1 aliphatic heterocycles. The number of nitrogens with one attached hydrogen (secondary N) is 1. The van der Waals surface area contributed by atoms with Crippen molar-refractivity contribution < 1.29 is 9.53 Å². The molecular formula is C18H28N2O2. The number of hydrogen-bond donors (Lipinski definition) is 1. The van der Waals surface area contributed by atoms with Gasteiger partial charge >= 0.3 is 0 Å². The van der Waals surface area contributed by atoms with Crippen LogP contribution in [0.4, 0.5) is 0 Å². The number of amides is 1. The fraction of sp³-hybridized carbons (Fsp3) is 0.889. The first-order chi connectivity index (χ1) is 10.6. The van der Waals surface area contributed by atoms with Crippen molar-refractivity contribution >= 4 is 11.6 Å². The summed E-state index contributed by atoms with van der Waals surface area (Å²) in [7, 11) is 0. The first kappa shape index (κ1) is 14.7. The molecule has 4 saturated carbocycles. The summed E-state index contributed by atoms with van der Waals surface area (Å²) in [5.74, 6) is 2.85. The summed E-state index contributed by atoms with van der Waals surface area (Å²) in [6.07, 6.45) is 11.2. The highest BCUT2D eigenvalue weighted by Crippen LogP contribution is 2.61. The van der Waals surface area contributed by atoms with E-state index in [0.717, 1.165) is 42.7 Å². The molecule has 122 valence electrons.